The summed E-state index contributed by atoms with van der Waals surface area (Å²) >= 11 is 3.15. The highest BCUT2D eigenvalue weighted by Gasteiger charge is 2.30. The second-order valence-corrected chi connectivity index (χ2v) is 13.0. The van der Waals surface area contributed by atoms with Crippen molar-refractivity contribution in [2.75, 3.05) is 11.5 Å². The van der Waals surface area contributed by atoms with Crippen molar-refractivity contribution in [3.63, 3.8) is 0 Å². The molecule has 3 heterocycles. The topological polar surface area (TPSA) is 94.0 Å². The number of carbonyl (C=O) groups is 1. The van der Waals surface area contributed by atoms with Gasteiger partial charge in [0.1, 0.15) is 0 Å². The van der Waals surface area contributed by atoms with E-state index in [-0.39, 0.29) is 28.7 Å². The van der Waals surface area contributed by atoms with Crippen molar-refractivity contribution in [2.45, 2.75) is 62.4 Å². The fourth-order valence-electron chi connectivity index (χ4n) is 4.13. The lowest BCUT2D eigenvalue weighted by atomic mass is 9.87. The third-order valence-electron chi connectivity index (χ3n) is 6.05. The van der Waals surface area contributed by atoms with Gasteiger partial charge in [-0.05, 0) is 50.2 Å². The average Bonchev–Trinajstić information content (AvgIpc) is 3.38. The molecule has 7 nitrogen and oxygen atoms in total. The van der Waals surface area contributed by atoms with E-state index in [2.05, 4.69) is 28.5 Å². The minimum atomic E-state index is -3.01. The van der Waals surface area contributed by atoms with Crippen LogP contribution in [-0.2, 0) is 34.5 Å². The lowest BCUT2D eigenvalue weighted by molar-refractivity contribution is -0.120. The Morgan fingerprint density at radius 1 is 1.40 bits per heavy atom. The fraction of sp³-hybridized carbons (Fsp3) is 0.650. The fourth-order valence-corrected chi connectivity index (χ4v) is 7.86. The maximum Gasteiger partial charge on any atom is 0.233 e. The number of sulfone groups is 1. The Balaban J connectivity index is 1.42. The zero-order chi connectivity index (χ0) is 21.5. The Labute approximate surface area is 186 Å². The lowest BCUT2D eigenvalue weighted by Gasteiger charge is -2.19. The van der Waals surface area contributed by atoms with Gasteiger partial charge in [0.15, 0.2) is 20.8 Å². The van der Waals surface area contributed by atoms with Crippen molar-refractivity contribution in [3.05, 3.63) is 16.5 Å². The lowest BCUT2D eigenvalue weighted by Crippen LogP contribution is -2.40. The van der Waals surface area contributed by atoms with Crippen LogP contribution in [0.1, 0.15) is 43.6 Å². The molecule has 2 aromatic heterocycles. The summed E-state index contributed by atoms with van der Waals surface area (Å²) in [5.41, 5.74) is 1.45. The molecule has 30 heavy (non-hydrogen) atoms. The van der Waals surface area contributed by atoms with Crippen LogP contribution in [0, 0.1) is 5.92 Å². The number of hydrogen-bond donors (Lipinski definition) is 1. The summed E-state index contributed by atoms with van der Waals surface area (Å²) < 4.78 is 25.1. The van der Waals surface area contributed by atoms with Gasteiger partial charge in [-0.25, -0.2) is 8.42 Å². The van der Waals surface area contributed by atoms with E-state index in [9.17, 15) is 13.2 Å². The molecule has 2 aliphatic rings. The maximum atomic E-state index is 12.5. The number of aryl methyl sites for hydroxylation is 1. The first-order valence-corrected chi connectivity index (χ1v) is 14.0. The first-order valence-electron chi connectivity index (χ1n) is 10.4. The molecule has 1 fully saturated rings. The van der Waals surface area contributed by atoms with Gasteiger partial charge in [-0.1, -0.05) is 25.1 Å². The Kier molecular flexibility index (Phi) is 6.28. The smallest absolute Gasteiger partial charge is 0.233 e. The highest BCUT2D eigenvalue weighted by molar-refractivity contribution is 8.00. The number of rotatable bonds is 6. The van der Waals surface area contributed by atoms with Crippen molar-refractivity contribution in [2.24, 2.45) is 13.0 Å². The maximum absolute atomic E-state index is 12.5. The van der Waals surface area contributed by atoms with Gasteiger partial charge in [0, 0.05) is 18.0 Å². The molecule has 3 atom stereocenters. The average molecular weight is 469 g/mol. The second kappa shape index (κ2) is 8.63. The monoisotopic (exact) mass is 468 g/mol. The van der Waals surface area contributed by atoms with Crippen LogP contribution in [0.4, 0.5) is 0 Å². The van der Waals surface area contributed by atoms with Gasteiger partial charge in [-0.2, -0.15) is 0 Å². The predicted octanol–water partition coefficient (Wildman–Crippen LogP) is 2.84. The number of thiophene rings is 1. The van der Waals surface area contributed by atoms with E-state index in [0.717, 1.165) is 29.5 Å². The molecule has 164 valence electrons. The predicted molar refractivity (Wildman–Crippen MR) is 121 cm³/mol. The first kappa shape index (κ1) is 21.8. The molecule has 1 amide bonds. The highest BCUT2D eigenvalue weighted by Crippen LogP contribution is 2.38. The van der Waals surface area contributed by atoms with Gasteiger partial charge in [-0.3, -0.25) is 4.79 Å². The van der Waals surface area contributed by atoms with E-state index in [0.29, 0.717) is 11.6 Å². The number of nitrogens with one attached hydrogen (secondary N) is 1. The van der Waals surface area contributed by atoms with Crippen LogP contribution in [0.15, 0.2) is 11.2 Å². The zero-order valence-electron chi connectivity index (χ0n) is 17.6. The largest absolute Gasteiger partial charge is 0.351 e. The van der Waals surface area contributed by atoms with Crippen molar-refractivity contribution in [3.8, 4) is 10.7 Å². The van der Waals surface area contributed by atoms with Gasteiger partial charge in [0.05, 0.1) is 21.6 Å². The van der Waals surface area contributed by atoms with Crippen LogP contribution in [0.3, 0.4) is 0 Å². The number of nitrogens with zero attached hydrogens (tertiary/aromatic N) is 3. The number of fused-ring (bicyclic) bond motifs is 1. The molecule has 0 radical (unpaired) electrons. The minimum absolute atomic E-state index is 0.0339. The summed E-state index contributed by atoms with van der Waals surface area (Å²) in [6.07, 6.45) is 5.27. The number of carbonyl (C=O) groups excluding carboxylic acids is 1. The standard InChI is InChI=1S/C20H28N4O3S3/c1-4-13-5-6-16-14(9-13)10-17(29-16)18-22-23-20(24(18)3)28-12(2)19(25)21-15-7-8-30(26,27)11-15/h10,12-13,15H,4-9,11H2,1-3H3,(H,21,25)/t12-,13+,15+/m0/s1. The van der Waals surface area contributed by atoms with Gasteiger partial charge in [-0.15, -0.1) is 21.5 Å². The van der Waals surface area contributed by atoms with Gasteiger partial charge in [0.2, 0.25) is 5.91 Å². The third kappa shape index (κ3) is 4.60. The summed E-state index contributed by atoms with van der Waals surface area (Å²) in [6, 6.07) is 1.97. The van der Waals surface area contributed by atoms with Crippen molar-refractivity contribution in [1.82, 2.24) is 20.1 Å². The molecule has 10 heteroatoms. The van der Waals surface area contributed by atoms with E-state index >= 15 is 0 Å². The summed E-state index contributed by atoms with van der Waals surface area (Å²) in [4.78, 5) is 15.1. The molecule has 0 bridgehead atoms. The number of aromatic nitrogens is 3. The third-order valence-corrected chi connectivity index (χ3v) is 10.2. The summed E-state index contributed by atoms with van der Waals surface area (Å²) in [5, 5.41) is 11.9. The molecule has 1 aliphatic carbocycles. The van der Waals surface area contributed by atoms with E-state index in [1.807, 2.05) is 18.5 Å². The Bertz CT molecular complexity index is 1040. The van der Waals surface area contributed by atoms with Crippen molar-refractivity contribution < 1.29 is 13.2 Å². The molecule has 4 rings (SSSR count). The minimum Gasteiger partial charge on any atom is -0.351 e. The molecule has 0 aromatic carbocycles. The molecular formula is C20H28N4O3S3. The zero-order valence-corrected chi connectivity index (χ0v) is 20.0. The van der Waals surface area contributed by atoms with Crippen LogP contribution in [0.5, 0.6) is 0 Å². The second-order valence-electron chi connectivity index (χ2n) is 8.31. The van der Waals surface area contributed by atoms with E-state index in [1.165, 1.54) is 35.0 Å². The number of hydrogen-bond acceptors (Lipinski definition) is 7. The Morgan fingerprint density at radius 3 is 2.90 bits per heavy atom. The van der Waals surface area contributed by atoms with Crippen LogP contribution in [0.25, 0.3) is 10.7 Å². The molecule has 0 unspecified atom stereocenters. The van der Waals surface area contributed by atoms with E-state index in [4.69, 9.17) is 0 Å². The number of thioether (sulfide) groups is 1. The van der Waals surface area contributed by atoms with Gasteiger partial charge >= 0.3 is 0 Å². The summed E-state index contributed by atoms with van der Waals surface area (Å²) in [6.45, 7) is 4.07. The molecule has 1 N–H and O–H groups in total. The van der Waals surface area contributed by atoms with Crippen LogP contribution < -0.4 is 5.32 Å². The molecule has 2 aromatic rings. The highest BCUT2D eigenvalue weighted by atomic mass is 32.2. The molecule has 0 saturated carbocycles. The van der Waals surface area contributed by atoms with Crippen molar-refractivity contribution in [1.29, 1.82) is 0 Å². The molecule has 0 spiro atoms. The van der Waals surface area contributed by atoms with E-state index in [1.54, 1.807) is 11.3 Å². The molecular weight excluding hydrogens is 440 g/mol. The van der Waals surface area contributed by atoms with Crippen LogP contribution in [0.2, 0.25) is 0 Å². The number of amides is 1. The Hall–Kier alpha value is -1.39. The molecule has 1 aliphatic heterocycles. The first-order chi connectivity index (χ1) is 14.3. The SMILES string of the molecule is CC[C@@H]1CCc2sc(-c3nnc(S[C@@H](C)C(=O)N[C@@H]4CCS(=O)(=O)C4)n3C)cc2C1. The summed E-state index contributed by atoms with van der Waals surface area (Å²) in [5.74, 6) is 1.63. The van der Waals surface area contributed by atoms with Crippen LogP contribution >= 0.6 is 23.1 Å². The van der Waals surface area contributed by atoms with Crippen molar-refractivity contribution >= 4 is 38.8 Å². The van der Waals surface area contributed by atoms with Crippen LogP contribution in [-0.4, -0.2) is 51.9 Å². The normalized spacial score (nSPS) is 23.8. The molecule has 1 saturated heterocycles. The quantitative estimate of drug-likeness (QED) is 0.655. The van der Waals surface area contributed by atoms with Gasteiger partial charge < -0.3 is 9.88 Å². The van der Waals surface area contributed by atoms with Gasteiger partial charge in [0.25, 0.3) is 0 Å². The Morgan fingerprint density at radius 2 is 2.20 bits per heavy atom. The summed E-state index contributed by atoms with van der Waals surface area (Å²) in [7, 11) is -1.08. The van der Waals surface area contributed by atoms with E-state index < -0.39 is 9.84 Å².